The van der Waals surface area contributed by atoms with Crippen LogP contribution in [0.5, 0.6) is 23.0 Å². The van der Waals surface area contributed by atoms with Crippen LogP contribution in [0.15, 0.2) is 54.6 Å². The number of methoxy groups -OCH3 is 2. The highest BCUT2D eigenvalue weighted by Crippen LogP contribution is 2.39. The first-order valence-corrected chi connectivity index (χ1v) is 10.6. The molecule has 162 valence electrons. The second-order valence-electron chi connectivity index (χ2n) is 7.55. The molecule has 31 heavy (non-hydrogen) atoms. The normalized spacial score (nSPS) is 15.3. The first kappa shape index (κ1) is 21.3. The zero-order valence-corrected chi connectivity index (χ0v) is 18.4. The van der Waals surface area contributed by atoms with Crippen LogP contribution in [0.4, 0.5) is 0 Å². The zero-order chi connectivity index (χ0) is 21.8. The predicted octanol–water partition coefficient (Wildman–Crippen LogP) is 5.07. The topological polar surface area (TPSA) is 60.0 Å². The smallest absolute Gasteiger partial charge is 0.162 e. The van der Waals surface area contributed by atoms with Gasteiger partial charge in [-0.3, -0.25) is 0 Å². The van der Waals surface area contributed by atoms with Gasteiger partial charge in [0.2, 0.25) is 0 Å². The van der Waals surface area contributed by atoms with E-state index in [0.29, 0.717) is 29.5 Å². The summed E-state index contributed by atoms with van der Waals surface area (Å²) in [5, 5.41) is 14.3. The SMILES string of the molecule is COc1cc(Cl)c(CC2NCCc3cc(OC)c(OCc4ccccc4)cc32)cc1O. The highest BCUT2D eigenvalue weighted by molar-refractivity contribution is 6.31. The Hall–Kier alpha value is -2.89. The highest BCUT2D eigenvalue weighted by Gasteiger charge is 2.24. The number of ether oxygens (including phenoxy) is 3. The standard InChI is InChI=1S/C25H26ClNO4/c1-29-23-14-20(26)18(11-22(23)28)10-21-19-13-25(31-15-16-6-4-3-5-7-16)24(30-2)12-17(19)8-9-27-21/h3-7,11-14,21,27-28H,8-10,15H2,1-2H3. The number of aromatic hydroxyl groups is 1. The summed E-state index contributed by atoms with van der Waals surface area (Å²) in [5.74, 6) is 1.89. The lowest BCUT2D eigenvalue weighted by molar-refractivity contribution is 0.283. The fraction of sp³-hybridized carbons (Fsp3) is 0.280. The van der Waals surface area contributed by atoms with Crippen molar-refractivity contribution in [2.45, 2.75) is 25.5 Å². The van der Waals surface area contributed by atoms with Gasteiger partial charge in [0, 0.05) is 17.1 Å². The third-order valence-electron chi connectivity index (χ3n) is 5.60. The third-order valence-corrected chi connectivity index (χ3v) is 5.95. The van der Waals surface area contributed by atoms with Gasteiger partial charge in [0.1, 0.15) is 6.61 Å². The molecule has 0 radical (unpaired) electrons. The Morgan fingerprint density at radius 2 is 1.77 bits per heavy atom. The van der Waals surface area contributed by atoms with Crippen molar-refractivity contribution in [1.82, 2.24) is 5.32 Å². The van der Waals surface area contributed by atoms with E-state index in [4.69, 9.17) is 25.8 Å². The number of rotatable bonds is 7. The molecule has 0 fully saturated rings. The Balaban J connectivity index is 1.62. The summed E-state index contributed by atoms with van der Waals surface area (Å²) in [6.45, 7) is 1.32. The fourth-order valence-corrected chi connectivity index (χ4v) is 4.20. The Morgan fingerprint density at radius 1 is 1.00 bits per heavy atom. The van der Waals surface area contributed by atoms with Gasteiger partial charge in [-0.2, -0.15) is 0 Å². The van der Waals surface area contributed by atoms with Crippen LogP contribution < -0.4 is 19.5 Å². The summed E-state index contributed by atoms with van der Waals surface area (Å²) >= 11 is 6.46. The second-order valence-corrected chi connectivity index (χ2v) is 7.96. The Labute approximate surface area is 187 Å². The quantitative estimate of drug-likeness (QED) is 0.538. The monoisotopic (exact) mass is 439 g/mol. The Morgan fingerprint density at radius 3 is 2.52 bits per heavy atom. The molecule has 1 heterocycles. The summed E-state index contributed by atoms with van der Waals surface area (Å²) in [4.78, 5) is 0. The summed E-state index contributed by atoms with van der Waals surface area (Å²) in [6.07, 6.45) is 1.54. The molecule has 0 saturated carbocycles. The van der Waals surface area contributed by atoms with Crippen LogP contribution in [0, 0.1) is 0 Å². The lowest BCUT2D eigenvalue weighted by Gasteiger charge is -2.29. The first-order chi connectivity index (χ1) is 15.1. The van der Waals surface area contributed by atoms with E-state index >= 15 is 0 Å². The maximum atomic E-state index is 10.2. The molecule has 3 aromatic carbocycles. The summed E-state index contributed by atoms with van der Waals surface area (Å²) in [5.41, 5.74) is 4.33. The molecule has 0 amide bonds. The average molecular weight is 440 g/mol. The number of phenolic OH excluding ortho intramolecular Hbond substituents is 1. The van der Waals surface area contributed by atoms with Crippen molar-refractivity contribution in [3.05, 3.63) is 81.9 Å². The number of nitrogens with one attached hydrogen (secondary N) is 1. The number of hydrogen-bond donors (Lipinski definition) is 2. The average Bonchev–Trinajstić information content (AvgIpc) is 2.80. The lowest BCUT2D eigenvalue weighted by Crippen LogP contribution is -2.31. The minimum Gasteiger partial charge on any atom is -0.504 e. The van der Waals surface area contributed by atoms with Crippen LogP contribution in [-0.4, -0.2) is 25.9 Å². The minimum absolute atomic E-state index is 0.0408. The molecular formula is C25H26ClNO4. The number of phenols is 1. The molecule has 1 atom stereocenters. The van der Waals surface area contributed by atoms with Crippen LogP contribution in [0.2, 0.25) is 5.02 Å². The Kier molecular flexibility index (Phi) is 6.54. The maximum absolute atomic E-state index is 10.2. The van der Waals surface area contributed by atoms with E-state index in [1.807, 2.05) is 30.3 Å². The highest BCUT2D eigenvalue weighted by atomic mass is 35.5. The van der Waals surface area contributed by atoms with Crippen molar-refractivity contribution in [1.29, 1.82) is 0 Å². The van der Waals surface area contributed by atoms with E-state index in [2.05, 4.69) is 17.4 Å². The molecule has 0 bridgehead atoms. The van der Waals surface area contributed by atoms with Crippen molar-refractivity contribution >= 4 is 11.6 Å². The molecule has 0 aromatic heterocycles. The first-order valence-electron chi connectivity index (χ1n) is 10.3. The molecule has 4 rings (SSSR count). The molecule has 1 aliphatic rings. The molecular weight excluding hydrogens is 414 g/mol. The molecule has 1 unspecified atom stereocenters. The molecule has 2 N–H and O–H groups in total. The van der Waals surface area contributed by atoms with E-state index in [1.54, 1.807) is 19.2 Å². The predicted molar refractivity (Wildman–Crippen MR) is 122 cm³/mol. The van der Waals surface area contributed by atoms with Crippen molar-refractivity contribution in [3.8, 4) is 23.0 Å². The number of hydrogen-bond acceptors (Lipinski definition) is 5. The fourth-order valence-electron chi connectivity index (χ4n) is 3.97. The van der Waals surface area contributed by atoms with Crippen molar-refractivity contribution < 1.29 is 19.3 Å². The lowest BCUT2D eigenvalue weighted by atomic mass is 9.89. The molecule has 0 spiro atoms. The van der Waals surface area contributed by atoms with Crippen molar-refractivity contribution in [2.24, 2.45) is 0 Å². The van der Waals surface area contributed by atoms with Gasteiger partial charge >= 0.3 is 0 Å². The van der Waals surface area contributed by atoms with E-state index in [0.717, 1.165) is 35.4 Å². The van der Waals surface area contributed by atoms with Gasteiger partial charge in [0.25, 0.3) is 0 Å². The molecule has 0 saturated heterocycles. The largest absolute Gasteiger partial charge is 0.504 e. The van der Waals surface area contributed by atoms with Gasteiger partial charge in [0.15, 0.2) is 23.0 Å². The van der Waals surface area contributed by atoms with E-state index in [-0.39, 0.29) is 11.8 Å². The van der Waals surface area contributed by atoms with Gasteiger partial charge in [-0.15, -0.1) is 0 Å². The minimum atomic E-state index is 0.0408. The summed E-state index contributed by atoms with van der Waals surface area (Å²) < 4.78 is 16.9. The zero-order valence-electron chi connectivity index (χ0n) is 17.7. The number of fused-ring (bicyclic) bond motifs is 1. The van der Waals surface area contributed by atoms with E-state index in [1.165, 1.54) is 12.7 Å². The maximum Gasteiger partial charge on any atom is 0.162 e. The molecule has 1 aliphatic heterocycles. The van der Waals surface area contributed by atoms with Crippen LogP contribution in [-0.2, 0) is 19.4 Å². The molecule has 0 aliphatic carbocycles. The van der Waals surface area contributed by atoms with Gasteiger partial charge in [-0.25, -0.2) is 0 Å². The van der Waals surface area contributed by atoms with Gasteiger partial charge in [0.05, 0.1) is 14.2 Å². The van der Waals surface area contributed by atoms with Gasteiger partial charge in [-0.05, 0) is 59.8 Å². The van der Waals surface area contributed by atoms with Crippen LogP contribution in [0.3, 0.4) is 0 Å². The van der Waals surface area contributed by atoms with Crippen LogP contribution >= 0.6 is 11.6 Å². The number of halogens is 1. The van der Waals surface area contributed by atoms with Crippen LogP contribution in [0.25, 0.3) is 0 Å². The van der Waals surface area contributed by atoms with Gasteiger partial charge < -0.3 is 24.6 Å². The van der Waals surface area contributed by atoms with Crippen LogP contribution in [0.1, 0.15) is 28.3 Å². The molecule has 5 nitrogen and oxygen atoms in total. The van der Waals surface area contributed by atoms with Crippen molar-refractivity contribution in [2.75, 3.05) is 20.8 Å². The molecule has 6 heteroatoms. The summed E-state index contributed by atoms with van der Waals surface area (Å²) in [6, 6.07) is 17.5. The van der Waals surface area contributed by atoms with Crippen molar-refractivity contribution in [3.63, 3.8) is 0 Å². The van der Waals surface area contributed by atoms with E-state index < -0.39 is 0 Å². The Bertz CT molecular complexity index is 1060. The molecule has 3 aromatic rings. The number of benzene rings is 3. The summed E-state index contributed by atoms with van der Waals surface area (Å²) in [7, 11) is 3.17. The van der Waals surface area contributed by atoms with E-state index in [9.17, 15) is 5.11 Å². The van der Waals surface area contributed by atoms with Gasteiger partial charge in [-0.1, -0.05) is 41.9 Å². The second kappa shape index (κ2) is 9.50. The third kappa shape index (κ3) is 4.73.